The number of hydrogen-bond acceptors (Lipinski definition) is 7. The average molecular weight is 455 g/mol. The average Bonchev–Trinajstić information content (AvgIpc) is 3.08. The molecule has 0 aliphatic carbocycles. The third-order valence-corrected chi connectivity index (χ3v) is 5.05. The molecular weight excluding hydrogens is 431 g/mol. The number of rotatable bonds is 5. The standard InChI is InChI=1S/C19H24F3N7O3/c1-26(2)16(30)12-27-7-4-8-28(10-9-27)18(31)13-11-23-29(17(13)19(20,21)22)14-5-6-15(32-3)25-24-14/h5-6,11H,4,7-10,12H2,1-3H3. The Labute approximate surface area is 182 Å². The van der Waals surface area contributed by atoms with E-state index >= 15 is 0 Å². The maximum Gasteiger partial charge on any atom is 0.434 e. The predicted octanol–water partition coefficient (Wildman–Crippen LogP) is 0.926. The Morgan fingerprint density at radius 3 is 2.47 bits per heavy atom. The number of aromatic nitrogens is 4. The van der Waals surface area contributed by atoms with Gasteiger partial charge in [-0.15, -0.1) is 10.2 Å². The van der Waals surface area contributed by atoms with Crippen LogP contribution in [0.1, 0.15) is 22.5 Å². The van der Waals surface area contributed by atoms with Gasteiger partial charge < -0.3 is 14.5 Å². The summed E-state index contributed by atoms with van der Waals surface area (Å²) in [5.41, 5.74) is -1.78. The van der Waals surface area contributed by atoms with Crippen LogP contribution in [0, 0.1) is 0 Å². The molecule has 2 amide bonds. The minimum atomic E-state index is -4.85. The van der Waals surface area contributed by atoms with E-state index in [4.69, 9.17) is 4.74 Å². The summed E-state index contributed by atoms with van der Waals surface area (Å²) >= 11 is 0. The van der Waals surface area contributed by atoms with Crippen LogP contribution in [0.4, 0.5) is 13.2 Å². The Hall–Kier alpha value is -3.22. The van der Waals surface area contributed by atoms with E-state index in [1.165, 1.54) is 29.0 Å². The van der Waals surface area contributed by atoms with Gasteiger partial charge in [-0.2, -0.15) is 18.3 Å². The molecule has 32 heavy (non-hydrogen) atoms. The van der Waals surface area contributed by atoms with Crippen LogP contribution in [0.3, 0.4) is 0 Å². The van der Waals surface area contributed by atoms with Gasteiger partial charge in [0.05, 0.1) is 25.4 Å². The lowest BCUT2D eigenvalue weighted by molar-refractivity contribution is -0.143. The first-order valence-corrected chi connectivity index (χ1v) is 9.87. The fourth-order valence-electron chi connectivity index (χ4n) is 3.32. The van der Waals surface area contributed by atoms with E-state index in [0.29, 0.717) is 24.2 Å². The monoisotopic (exact) mass is 455 g/mol. The predicted molar refractivity (Wildman–Crippen MR) is 106 cm³/mol. The number of carbonyl (C=O) groups is 2. The fraction of sp³-hybridized carbons (Fsp3) is 0.526. The van der Waals surface area contributed by atoms with Gasteiger partial charge in [-0.25, -0.2) is 4.68 Å². The minimum Gasteiger partial charge on any atom is -0.480 e. The molecule has 2 aromatic rings. The molecule has 2 aromatic heterocycles. The number of nitrogens with zero attached hydrogens (tertiary/aromatic N) is 7. The molecule has 1 fully saturated rings. The van der Waals surface area contributed by atoms with Crippen LogP contribution in [-0.2, 0) is 11.0 Å². The van der Waals surface area contributed by atoms with E-state index in [-0.39, 0.29) is 37.2 Å². The van der Waals surface area contributed by atoms with Crippen LogP contribution in [0.5, 0.6) is 5.88 Å². The molecule has 13 heteroatoms. The number of halogens is 3. The van der Waals surface area contributed by atoms with Gasteiger partial charge in [0.15, 0.2) is 11.5 Å². The van der Waals surface area contributed by atoms with Crippen molar-refractivity contribution in [3.8, 4) is 11.7 Å². The normalized spacial score (nSPS) is 15.4. The molecule has 174 valence electrons. The molecule has 0 N–H and O–H groups in total. The van der Waals surface area contributed by atoms with Crippen molar-refractivity contribution in [2.24, 2.45) is 0 Å². The Morgan fingerprint density at radius 1 is 1.12 bits per heavy atom. The molecule has 0 aromatic carbocycles. The third-order valence-electron chi connectivity index (χ3n) is 5.05. The molecule has 1 aliphatic heterocycles. The van der Waals surface area contributed by atoms with Crippen molar-refractivity contribution in [1.82, 2.24) is 34.7 Å². The maximum absolute atomic E-state index is 13.9. The van der Waals surface area contributed by atoms with Crippen LogP contribution in [0.25, 0.3) is 5.82 Å². The smallest absolute Gasteiger partial charge is 0.434 e. The van der Waals surface area contributed by atoms with E-state index < -0.39 is 23.3 Å². The van der Waals surface area contributed by atoms with Gasteiger partial charge in [0, 0.05) is 46.3 Å². The lowest BCUT2D eigenvalue weighted by atomic mass is 10.2. The van der Waals surface area contributed by atoms with Crippen molar-refractivity contribution in [3.63, 3.8) is 0 Å². The Balaban J connectivity index is 1.83. The lowest BCUT2D eigenvalue weighted by Gasteiger charge is -2.23. The molecule has 1 saturated heterocycles. The molecular formula is C19H24F3N7O3. The molecule has 10 nitrogen and oxygen atoms in total. The van der Waals surface area contributed by atoms with Gasteiger partial charge in [-0.3, -0.25) is 14.5 Å². The second-order valence-corrected chi connectivity index (χ2v) is 7.46. The zero-order valence-electron chi connectivity index (χ0n) is 18.0. The number of likely N-dealkylation sites (N-methyl/N-ethyl adjacent to an activating group) is 1. The topological polar surface area (TPSA) is 96.7 Å². The van der Waals surface area contributed by atoms with Crippen molar-refractivity contribution in [2.75, 3.05) is 53.9 Å². The first kappa shape index (κ1) is 23.4. The molecule has 0 unspecified atom stereocenters. The van der Waals surface area contributed by atoms with Crippen molar-refractivity contribution >= 4 is 11.8 Å². The number of alkyl halides is 3. The molecule has 1 aliphatic rings. The summed E-state index contributed by atoms with van der Waals surface area (Å²) in [4.78, 5) is 29.7. The van der Waals surface area contributed by atoms with Crippen molar-refractivity contribution in [3.05, 3.63) is 29.6 Å². The summed E-state index contributed by atoms with van der Waals surface area (Å²) in [6, 6.07) is 2.62. The molecule has 0 saturated carbocycles. The van der Waals surface area contributed by atoms with E-state index in [0.717, 1.165) is 6.20 Å². The zero-order chi connectivity index (χ0) is 23.5. The van der Waals surface area contributed by atoms with Crippen LogP contribution in [-0.4, -0.2) is 100 Å². The first-order chi connectivity index (χ1) is 15.1. The highest BCUT2D eigenvalue weighted by Crippen LogP contribution is 2.34. The number of carbonyl (C=O) groups excluding carboxylic acids is 2. The van der Waals surface area contributed by atoms with Gasteiger partial charge in [-0.05, 0) is 12.5 Å². The Bertz CT molecular complexity index is 960. The van der Waals surface area contributed by atoms with Gasteiger partial charge in [0.1, 0.15) is 0 Å². The molecule has 3 rings (SSSR count). The highest BCUT2D eigenvalue weighted by molar-refractivity contribution is 5.95. The number of amides is 2. The summed E-state index contributed by atoms with van der Waals surface area (Å²) in [5, 5.41) is 11.1. The maximum atomic E-state index is 13.9. The van der Waals surface area contributed by atoms with Gasteiger partial charge >= 0.3 is 6.18 Å². The second kappa shape index (κ2) is 9.51. The van der Waals surface area contributed by atoms with Crippen LogP contribution < -0.4 is 4.74 Å². The van der Waals surface area contributed by atoms with Crippen molar-refractivity contribution in [1.29, 1.82) is 0 Å². The summed E-state index contributed by atoms with van der Waals surface area (Å²) in [5.74, 6) is -0.911. The van der Waals surface area contributed by atoms with Gasteiger partial charge in [0.2, 0.25) is 11.8 Å². The quantitative estimate of drug-likeness (QED) is 0.662. The first-order valence-electron chi connectivity index (χ1n) is 9.87. The molecule has 0 spiro atoms. The van der Waals surface area contributed by atoms with Crippen molar-refractivity contribution in [2.45, 2.75) is 12.6 Å². The van der Waals surface area contributed by atoms with E-state index in [1.807, 2.05) is 4.90 Å². The van der Waals surface area contributed by atoms with E-state index in [1.54, 1.807) is 14.1 Å². The van der Waals surface area contributed by atoms with Crippen LogP contribution >= 0.6 is 0 Å². The summed E-state index contributed by atoms with van der Waals surface area (Å²) in [6.45, 7) is 1.61. The van der Waals surface area contributed by atoms with Gasteiger partial charge in [-0.1, -0.05) is 0 Å². The lowest BCUT2D eigenvalue weighted by Crippen LogP contribution is -2.39. The third kappa shape index (κ3) is 5.15. The molecule has 0 radical (unpaired) electrons. The Kier molecular flexibility index (Phi) is 6.96. The number of ether oxygens (including phenoxy) is 1. The Morgan fingerprint density at radius 2 is 1.88 bits per heavy atom. The van der Waals surface area contributed by atoms with Crippen molar-refractivity contribution < 1.29 is 27.5 Å². The van der Waals surface area contributed by atoms with Crippen LogP contribution in [0.15, 0.2) is 18.3 Å². The zero-order valence-corrected chi connectivity index (χ0v) is 18.0. The van der Waals surface area contributed by atoms with E-state index in [2.05, 4.69) is 15.3 Å². The fourth-order valence-corrected chi connectivity index (χ4v) is 3.32. The largest absolute Gasteiger partial charge is 0.480 e. The molecule has 3 heterocycles. The molecule has 0 bridgehead atoms. The number of hydrogen-bond donors (Lipinski definition) is 0. The minimum absolute atomic E-state index is 0.0778. The van der Waals surface area contributed by atoms with Crippen LogP contribution in [0.2, 0.25) is 0 Å². The SMILES string of the molecule is COc1ccc(-n2ncc(C(=O)N3CCCN(CC(=O)N(C)C)CC3)c2C(F)(F)F)nn1. The summed E-state index contributed by atoms with van der Waals surface area (Å²) < 4.78 is 47.1. The molecule has 0 atom stereocenters. The van der Waals surface area contributed by atoms with E-state index in [9.17, 15) is 22.8 Å². The summed E-state index contributed by atoms with van der Waals surface area (Å²) in [6.07, 6.45) is -3.42. The summed E-state index contributed by atoms with van der Waals surface area (Å²) in [7, 11) is 4.66. The second-order valence-electron chi connectivity index (χ2n) is 7.46. The highest BCUT2D eigenvalue weighted by atomic mass is 19.4. The van der Waals surface area contributed by atoms with Gasteiger partial charge in [0.25, 0.3) is 5.91 Å². The number of methoxy groups -OCH3 is 1. The highest BCUT2D eigenvalue weighted by Gasteiger charge is 2.42.